The first kappa shape index (κ1) is 15.6. The molecule has 0 saturated heterocycles. The van der Waals surface area contributed by atoms with E-state index in [1.165, 1.54) is 0 Å². The van der Waals surface area contributed by atoms with Crippen LogP contribution in [0.15, 0.2) is 0 Å². The second kappa shape index (κ2) is 7.49. The maximum Gasteiger partial charge on any atom is 0.129 e. The van der Waals surface area contributed by atoms with Crippen LogP contribution in [0.5, 0.6) is 0 Å². The minimum Gasteiger partial charge on any atom is -0.600 e. The number of rotatable bonds is 6. The van der Waals surface area contributed by atoms with Crippen LogP contribution < -0.4 is 16.7 Å². The third-order valence-electron chi connectivity index (χ3n) is 2.38. The van der Waals surface area contributed by atoms with Crippen molar-refractivity contribution in [1.29, 1.82) is 0 Å². The molecule has 6 heteroatoms. The topological polar surface area (TPSA) is 99.8 Å². The van der Waals surface area contributed by atoms with E-state index in [2.05, 4.69) is 0 Å². The molecule has 82 valence electrons. The molecule has 0 aromatic carbocycles. The van der Waals surface area contributed by atoms with Gasteiger partial charge in [-0.1, -0.05) is 6.92 Å². The third kappa shape index (κ3) is 4.21. The molecule has 0 radical (unpaired) electrons. The van der Waals surface area contributed by atoms with Gasteiger partial charge in [0.05, 0.1) is 0 Å². The van der Waals surface area contributed by atoms with Crippen LogP contribution in [0.1, 0.15) is 26.2 Å². The first-order chi connectivity index (χ1) is 5.63. The van der Waals surface area contributed by atoms with Gasteiger partial charge in [0.2, 0.25) is 0 Å². The lowest BCUT2D eigenvalue weighted by molar-refractivity contribution is -1.09. The summed E-state index contributed by atoms with van der Waals surface area (Å²) in [6.45, 7) is 2.67. The molecular formula is C7H20ClN3O2. The molecule has 1 atom stereocenters. The van der Waals surface area contributed by atoms with Crippen LogP contribution in [-0.2, 0) is 0 Å². The number of hydroxylamine groups is 2. The van der Waals surface area contributed by atoms with Crippen molar-refractivity contribution in [2.75, 3.05) is 13.1 Å². The molecule has 0 amide bonds. The zero-order valence-corrected chi connectivity index (χ0v) is 8.77. The van der Waals surface area contributed by atoms with Crippen molar-refractivity contribution >= 4 is 12.4 Å². The maximum absolute atomic E-state index is 10.9. The SMILES string of the molecule is CCC(CCN)(CCN)[NH+]([O-])O.Cl. The fraction of sp³-hybridized carbons (Fsp3) is 1.00. The Morgan fingerprint density at radius 1 is 1.31 bits per heavy atom. The number of halogens is 1. The zero-order valence-electron chi connectivity index (χ0n) is 7.95. The summed E-state index contributed by atoms with van der Waals surface area (Å²) in [5.74, 6) is 0. The minimum absolute atomic E-state index is 0. The lowest BCUT2D eigenvalue weighted by atomic mass is 9.89. The van der Waals surface area contributed by atoms with Crippen molar-refractivity contribution in [1.82, 2.24) is 0 Å². The van der Waals surface area contributed by atoms with E-state index in [9.17, 15) is 5.21 Å². The molecule has 0 bridgehead atoms. The lowest BCUT2D eigenvalue weighted by Crippen LogP contribution is -3.14. The smallest absolute Gasteiger partial charge is 0.129 e. The molecule has 0 spiro atoms. The van der Waals surface area contributed by atoms with E-state index in [0.29, 0.717) is 32.4 Å². The fourth-order valence-electron chi connectivity index (χ4n) is 1.40. The molecule has 0 rings (SSSR count). The van der Waals surface area contributed by atoms with Gasteiger partial charge in [-0.2, -0.15) is 0 Å². The average molecular weight is 214 g/mol. The number of quaternary nitrogens is 1. The van der Waals surface area contributed by atoms with Gasteiger partial charge in [0.15, 0.2) is 0 Å². The van der Waals surface area contributed by atoms with Gasteiger partial charge < -0.3 is 16.7 Å². The van der Waals surface area contributed by atoms with Crippen molar-refractivity contribution < 1.29 is 10.4 Å². The lowest BCUT2D eigenvalue weighted by Gasteiger charge is -2.37. The Hall–Kier alpha value is 0.0900. The van der Waals surface area contributed by atoms with E-state index in [1.54, 1.807) is 0 Å². The Kier molecular flexibility index (Phi) is 8.96. The number of hydrogen-bond acceptors (Lipinski definition) is 4. The molecule has 13 heavy (non-hydrogen) atoms. The van der Waals surface area contributed by atoms with Crippen molar-refractivity contribution in [2.45, 2.75) is 31.7 Å². The van der Waals surface area contributed by atoms with Gasteiger partial charge in [0.1, 0.15) is 5.54 Å². The van der Waals surface area contributed by atoms with Crippen LogP contribution in [0.2, 0.25) is 0 Å². The molecule has 6 N–H and O–H groups in total. The number of nitrogens with two attached hydrogens (primary N) is 2. The van der Waals surface area contributed by atoms with Crippen LogP contribution in [0.25, 0.3) is 0 Å². The van der Waals surface area contributed by atoms with Crippen LogP contribution in [0.3, 0.4) is 0 Å². The van der Waals surface area contributed by atoms with E-state index >= 15 is 0 Å². The summed E-state index contributed by atoms with van der Waals surface area (Å²) in [6, 6.07) is 0. The van der Waals surface area contributed by atoms with Crippen LogP contribution >= 0.6 is 12.4 Å². The van der Waals surface area contributed by atoms with Gasteiger partial charge in [-0.05, 0) is 13.1 Å². The summed E-state index contributed by atoms with van der Waals surface area (Å²) in [6.07, 6.45) is 1.61. The molecule has 5 nitrogen and oxygen atoms in total. The highest BCUT2D eigenvalue weighted by atomic mass is 35.5. The maximum atomic E-state index is 10.9. The summed E-state index contributed by atoms with van der Waals surface area (Å²) in [7, 11) is 0. The molecule has 0 saturated carbocycles. The van der Waals surface area contributed by atoms with Gasteiger partial charge in [0.25, 0.3) is 0 Å². The summed E-state index contributed by atoms with van der Waals surface area (Å²) < 4.78 is 0. The minimum atomic E-state index is -0.777. The van der Waals surface area contributed by atoms with Gasteiger partial charge in [-0.25, -0.2) is 10.4 Å². The molecule has 0 fully saturated rings. The fourth-order valence-corrected chi connectivity index (χ4v) is 1.40. The molecule has 0 aliphatic carbocycles. The molecule has 0 aromatic rings. The monoisotopic (exact) mass is 213 g/mol. The van der Waals surface area contributed by atoms with Gasteiger partial charge >= 0.3 is 0 Å². The quantitative estimate of drug-likeness (QED) is 0.427. The van der Waals surface area contributed by atoms with Crippen molar-refractivity contribution in [3.63, 3.8) is 0 Å². The average Bonchev–Trinajstić information content (AvgIpc) is 2.03. The second-order valence-electron chi connectivity index (χ2n) is 3.02. The molecule has 0 aliphatic rings. The van der Waals surface area contributed by atoms with Crippen LogP contribution in [0.4, 0.5) is 0 Å². The van der Waals surface area contributed by atoms with E-state index in [0.717, 1.165) is 0 Å². The Morgan fingerprint density at radius 3 is 1.85 bits per heavy atom. The Labute approximate surface area is 85.0 Å². The molecule has 0 heterocycles. The highest BCUT2D eigenvalue weighted by Gasteiger charge is 2.33. The third-order valence-corrected chi connectivity index (χ3v) is 2.38. The summed E-state index contributed by atoms with van der Waals surface area (Å²) in [4.78, 5) is 0. The number of nitrogens with one attached hydrogen (secondary N) is 1. The van der Waals surface area contributed by atoms with Crippen molar-refractivity contribution in [3.05, 3.63) is 5.21 Å². The highest BCUT2D eigenvalue weighted by molar-refractivity contribution is 5.85. The van der Waals surface area contributed by atoms with E-state index in [-0.39, 0.29) is 12.4 Å². The normalized spacial score (nSPS) is 13.6. The summed E-state index contributed by atoms with van der Waals surface area (Å²) in [5, 5.41) is 19.1. The van der Waals surface area contributed by atoms with E-state index in [4.69, 9.17) is 16.7 Å². The van der Waals surface area contributed by atoms with Crippen molar-refractivity contribution in [2.24, 2.45) is 11.5 Å². The zero-order chi connectivity index (χ0) is 9.61. The standard InChI is InChI=1S/C7H19N3O2.ClH/c1-2-7(3-5-8,4-6-9)10(11)12;/h10-11H,2-6,8-9H2,1H3;1H. The van der Waals surface area contributed by atoms with E-state index < -0.39 is 10.8 Å². The second-order valence-corrected chi connectivity index (χ2v) is 3.02. The summed E-state index contributed by atoms with van der Waals surface area (Å²) in [5.41, 5.74) is 10.0. The number of hydrogen-bond donors (Lipinski definition) is 4. The first-order valence-electron chi connectivity index (χ1n) is 4.26. The Balaban J connectivity index is 0. The predicted molar refractivity (Wildman–Crippen MR) is 53.7 cm³/mol. The predicted octanol–water partition coefficient (Wildman–Crippen LogP) is -0.973. The van der Waals surface area contributed by atoms with Crippen molar-refractivity contribution in [3.8, 4) is 0 Å². The Bertz CT molecular complexity index is 118. The summed E-state index contributed by atoms with van der Waals surface area (Å²) >= 11 is 0. The molecule has 0 aliphatic heterocycles. The largest absolute Gasteiger partial charge is 0.600 e. The first-order valence-corrected chi connectivity index (χ1v) is 4.26. The van der Waals surface area contributed by atoms with Gasteiger partial charge in [-0.3, -0.25) is 0 Å². The van der Waals surface area contributed by atoms with Crippen LogP contribution in [-0.4, -0.2) is 23.8 Å². The van der Waals surface area contributed by atoms with Gasteiger partial charge in [0, 0.05) is 19.3 Å². The molecule has 1 unspecified atom stereocenters. The Morgan fingerprint density at radius 2 is 1.69 bits per heavy atom. The van der Waals surface area contributed by atoms with Crippen LogP contribution in [0, 0.1) is 5.21 Å². The highest BCUT2D eigenvalue weighted by Crippen LogP contribution is 2.13. The van der Waals surface area contributed by atoms with Gasteiger partial charge in [-0.15, -0.1) is 12.4 Å². The van der Waals surface area contributed by atoms with E-state index in [1.807, 2.05) is 6.92 Å². The molecule has 0 aromatic heterocycles. The molecular weight excluding hydrogens is 194 g/mol.